The average molecular weight is 227 g/mol. The Hall–Kier alpha value is -1.02. The Morgan fingerprint density at radius 1 is 1.47 bits per heavy atom. The number of carbonyl (C=O) groups is 1. The summed E-state index contributed by atoms with van der Waals surface area (Å²) < 4.78 is 5.23. The smallest absolute Gasteiger partial charge is 0.141 e. The average Bonchev–Trinajstić information content (AvgIpc) is 2.13. The molecule has 0 radical (unpaired) electrons. The molecule has 1 aromatic carbocycles. The highest BCUT2D eigenvalue weighted by molar-refractivity contribution is 6.32. The standard InChI is InChI=1S/C12H15ClO2/c1-7-5-11(13)12(15-4)10(9(7)3)6-8(2)14/h5H,6H2,1-4H3. The van der Waals surface area contributed by atoms with Crippen molar-refractivity contribution in [2.45, 2.75) is 27.2 Å². The van der Waals surface area contributed by atoms with Gasteiger partial charge in [0.15, 0.2) is 0 Å². The van der Waals surface area contributed by atoms with Gasteiger partial charge in [-0.1, -0.05) is 11.6 Å². The first-order chi connectivity index (χ1) is 6.97. The summed E-state index contributed by atoms with van der Waals surface area (Å²) in [5.41, 5.74) is 3.05. The molecule has 0 saturated carbocycles. The second-order valence-corrected chi connectivity index (χ2v) is 4.10. The summed E-state index contributed by atoms with van der Waals surface area (Å²) in [7, 11) is 1.57. The Morgan fingerprint density at radius 3 is 2.53 bits per heavy atom. The number of methoxy groups -OCH3 is 1. The third-order valence-corrected chi connectivity index (χ3v) is 2.79. The molecule has 0 N–H and O–H groups in total. The lowest BCUT2D eigenvalue weighted by Crippen LogP contribution is -2.04. The number of ether oxygens (including phenoxy) is 1. The lowest BCUT2D eigenvalue weighted by molar-refractivity contribution is -0.116. The fraction of sp³-hybridized carbons (Fsp3) is 0.417. The highest BCUT2D eigenvalue weighted by Gasteiger charge is 2.14. The fourth-order valence-corrected chi connectivity index (χ4v) is 1.95. The maximum atomic E-state index is 11.2. The van der Waals surface area contributed by atoms with Crippen LogP contribution in [0.25, 0.3) is 0 Å². The molecule has 0 saturated heterocycles. The molecule has 0 heterocycles. The van der Waals surface area contributed by atoms with Crippen LogP contribution in [0.1, 0.15) is 23.6 Å². The minimum atomic E-state index is 0.109. The quantitative estimate of drug-likeness (QED) is 0.792. The number of carbonyl (C=O) groups excluding carboxylic acids is 1. The van der Waals surface area contributed by atoms with Crippen LogP contribution in [0.5, 0.6) is 5.75 Å². The summed E-state index contributed by atoms with van der Waals surface area (Å²) in [6.07, 6.45) is 0.371. The first-order valence-corrected chi connectivity index (χ1v) is 5.17. The molecular weight excluding hydrogens is 212 g/mol. The number of aryl methyl sites for hydroxylation is 1. The largest absolute Gasteiger partial charge is 0.495 e. The number of ketones is 1. The van der Waals surface area contributed by atoms with E-state index in [4.69, 9.17) is 16.3 Å². The third-order valence-electron chi connectivity index (χ3n) is 2.51. The van der Waals surface area contributed by atoms with Crippen LogP contribution in [-0.2, 0) is 11.2 Å². The molecular formula is C12H15ClO2. The minimum Gasteiger partial charge on any atom is -0.495 e. The van der Waals surface area contributed by atoms with Crippen LogP contribution in [0.15, 0.2) is 6.07 Å². The molecule has 0 fully saturated rings. The SMILES string of the molecule is COc1c(Cl)cc(C)c(C)c1CC(C)=O. The maximum absolute atomic E-state index is 11.2. The Bertz CT molecular complexity index is 397. The van der Waals surface area contributed by atoms with Gasteiger partial charge in [0.05, 0.1) is 12.1 Å². The van der Waals surface area contributed by atoms with E-state index in [1.807, 2.05) is 19.9 Å². The second kappa shape index (κ2) is 4.67. The molecule has 3 heteroatoms. The zero-order valence-corrected chi connectivity index (χ0v) is 10.2. The van der Waals surface area contributed by atoms with E-state index >= 15 is 0 Å². The zero-order chi connectivity index (χ0) is 11.6. The Labute approximate surface area is 95.2 Å². The highest BCUT2D eigenvalue weighted by Crippen LogP contribution is 2.33. The van der Waals surface area contributed by atoms with E-state index in [9.17, 15) is 4.79 Å². The summed E-state index contributed by atoms with van der Waals surface area (Å²) in [5, 5.41) is 0.567. The van der Waals surface area contributed by atoms with Crippen LogP contribution in [0, 0.1) is 13.8 Å². The summed E-state index contributed by atoms with van der Waals surface area (Å²) in [6.45, 7) is 5.52. The maximum Gasteiger partial charge on any atom is 0.141 e. The van der Waals surface area contributed by atoms with Crippen molar-refractivity contribution >= 4 is 17.4 Å². The van der Waals surface area contributed by atoms with E-state index in [0.717, 1.165) is 16.7 Å². The lowest BCUT2D eigenvalue weighted by Gasteiger charge is -2.14. The number of halogens is 1. The van der Waals surface area contributed by atoms with Crippen molar-refractivity contribution in [2.75, 3.05) is 7.11 Å². The topological polar surface area (TPSA) is 26.3 Å². The van der Waals surface area contributed by atoms with E-state index in [-0.39, 0.29) is 5.78 Å². The normalized spacial score (nSPS) is 10.2. The lowest BCUT2D eigenvalue weighted by atomic mass is 9.98. The fourth-order valence-electron chi connectivity index (χ4n) is 1.60. The zero-order valence-electron chi connectivity index (χ0n) is 9.48. The van der Waals surface area contributed by atoms with Gasteiger partial charge in [-0.05, 0) is 38.0 Å². The molecule has 0 aliphatic carbocycles. The first-order valence-electron chi connectivity index (χ1n) is 4.79. The van der Waals surface area contributed by atoms with Gasteiger partial charge in [0.1, 0.15) is 11.5 Å². The van der Waals surface area contributed by atoms with E-state index in [2.05, 4.69) is 0 Å². The minimum absolute atomic E-state index is 0.109. The molecule has 15 heavy (non-hydrogen) atoms. The van der Waals surface area contributed by atoms with Crippen LogP contribution in [0.2, 0.25) is 5.02 Å². The number of Topliss-reactive ketones (excluding diaryl/α,β-unsaturated/α-hetero) is 1. The van der Waals surface area contributed by atoms with Crippen molar-refractivity contribution < 1.29 is 9.53 Å². The van der Waals surface area contributed by atoms with Gasteiger partial charge >= 0.3 is 0 Å². The number of rotatable bonds is 3. The van der Waals surface area contributed by atoms with Crippen molar-refractivity contribution in [3.63, 3.8) is 0 Å². The van der Waals surface area contributed by atoms with Gasteiger partial charge in [-0.15, -0.1) is 0 Å². The molecule has 0 spiro atoms. The molecule has 0 unspecified atom stereocenters. The molecule has 0 bridgehead atoms. The summed E-state index contributed by atoms with van der Waals surface area (Å²) >= 11 is 6.05. The van der Waals surface area contributed by atoms with Crippen molar-refractivity contribution in [1.82, 2.24) is 0 Å². The molecule has 1 aromatic rings. The van der Waals surface area contributed by atoms with Gasteiger partial charge in [0.2, 0.25) is 0 Å². The summed E-state index contributed by atoms with van der Waals surface area (Å²) in [6, 6.07) is 1.86. The summed E-state index contributed by atoms with van der Waals surface area (Å²) in [4.78, 5) is 11.2. The number of benzene rings is 1. The second-order valence-electron chi connectivity index (χ2n) is 3.69. The van der Waals surface area contributed by atoms with Gasteiger partial charge in [-0.2, -0.15) is 0 Å². The van der Waals surface area contributed by atoms with Gasteiger partial charge < -0.3 is 4.74 Å². The van der Waals surface area contributed by atoms with Gasteiger partial charge in [0.25, 0.3) is 0 Å². The Kier molecular flexibility index (Phi) is 3.75. The number of hydrogen-bond donors (Lipinski definition) is 0. The Morgan fingerprint density at radius 2 is 2.07 bits per heavy atom. The third kappa shape index (κ3) is 2.51. The predicted octanol–water partition coefficient (Wildman–Crippen LogP) is 3.10. The highest BCUT2D eigenvalue weighted by atomic mass is 35.5. The van der Waals surface area contributed by atoms with E-state index in [1.54, 1.807) is 14.0 Å². The van der Waals surface area contributed by atoms with Crippen LogP contribution in [0.3, 0.4) is 0 Å². The van der Waals surface area contributed by atoms with E-state index < -0.39 is 0 Å². The summed E-state index contributed by atoms with van der Waals surface area (Å²) in [5.74, 6) is 0.730. The van der Waals surface area contributed by atoms with Gasteiger partial charge in [0, 0.05) is 12.0 Å². The van der Waals surface area contributed by atoms with Gasteiger partial charge in [-0.3, -0.25) is 4.79 Å². The molecule has 0 aliphatic rings. The predicted molar refractivity (Wildman–Crippen MR) is 61.9 cm³/mol. The van der Waals surface area contributed by atoms with Gasteiger partial charge in [-0.25, -0.2) is 0 Å². The van der Waals surface area contributed by atoms with E-state index in [0.29, 0.717) is 17.2 Å². The van der Waals surface area contributed by atoms with Crippen LogP contribution < -0.4 is 4.74 Å². The van der Waals surface area contributed by atoms with Crippen molar-refractivity contribution in [2.24, 2.45) is 0 Å². The monoisotopic (exact) mass is 226 g/mol. The van der Waals surface area contributed by atoms with Crippen LogP contribution in [-0.4, -0.2) is 12.9 Å². The van der Waals surface area contributed by atoms with Crippen molar-refractivity contribution in [3.8, 4) is 5.75 Å². The molecule has 82 valence electrons. The molecule has 1 rings (SSSR count). The van der Waals surface area contributed by atoms with Crippen LogP contribution in [0.4, 0.5) is 0 Å². The van der Waals surface area contributed by atoms with Crippen LogP contribution >= 0.6 is 11.6 Å². The van der Waals surface area contributed by atoms with E-state index in [1.165, 1.54) is 0 Å². The van der Waals surface area contributed by atoms with Crippen molar-refractivity contribution in [3.05, 3.63) is 27.8 Å². The van der Waals surface area contributed by atoms with Crippen molar-refractivity contribution in [1.29, 1.82) is 0 Å². The number of hydrogen-bond acceptors (Lipinski definition) is 2. The molecule has 2 nitrogen and oxygen atoms in total. The Balaban J connectivity index is 3.36. The molecule has 0 aromatic heterocycles. The first kappa shape index (κ1) is 12.1. The molecule has 0 aliphatic heterocycles. The molecule has 0 atom stereocenters. The molecule has 0 amide bonds.